The summed E-state index contributed by atoms with van der Waals surface area (Å²) in [7, 11) is 0. The zero-order valence-corrected chi connectivity index (χ0v) is 11.0. The summed E-state index contributed by atoms with van der Waals surface area (Å²) in [6.07, 6.45) is 1.77. The normalized spacial score (nSPS) is 11.3. The van der Waals surface area contributed by atoms with Crippen molar-refractivity contribution in [2.75, 3.05) is 6.54 Å². The summed E-state index contributed by atoms with van der Waals surface area (Å²) < 4.78 is 6.24. The molecule has 0 unspecified atom stereocenters. The van der Waals surface area contributed by atoms with E-state index < -0.39 is 5.97 Å². The number of rotatable bonds is 6. The van der Waals surface area contributed by atoms with Crippen molar-refractivity contribution in [1.29, 1.82) is 0 Å². The van der Waals surface area contributed by atoms with E-state index in [1.54, 1.807) is 6.26 Å². The highest BCUT2D eigenvalue weighted by atomic mass is 79.9. The molecule has 0 aliphatic heterocycles. The van der Waals surface area contributed by atoms with Gasteiger partial charge in [0.2, 0.25) is 0 Å². The molecule has 1 N–H and O–H groups in total. The summed E-state index contributed by atoms with van der Waals surface area (Å²) in [5.41, 5.74) is 0. The van der Waals surface area contributed by atoms with Gasteiger partial charge in [0.05, 0.1) is 23.7 Å². The van der Waals surface area contributed by atoms with E-state index >= 15 is 0 Å². The molecule has 0 amide bonds. The summed E-state index contributed by atoms with van der Waals surface area (Å²) in [6.45, 7) is 5.23. The fourth-order valence-electron chi connectivity index (χ4n) is 1.38. The number of hydrogen-bond donors (Lipinski definition) is 1. The van der Waals surface area contributed by atoms with Gasteiger partial charge in [-0.3, -0.25) is 9.69 Å². The standard InChI is InChI=1S/C11H16BrNO3/c1-8(2)13(5-3-11(14)15)7-10-9(12)4-6-16-10/h4,6,8H,3,5,7H2,1-2H3,(H,14,15). The molecule has 90 valence electrons. The zero-order valence-electron chi connectivity index (χ0n) is 9.44. The van der Waals surface area contributed by atoms with Gasteiger partial charge in [-0.2, -0.15) is 0 Å². The average molecular weight is 290 g/mol. The molecule has 1 aromatic rings. The Kier molecular flexibility index (Phi) is 5.02. The highest BCUT2D eigenvalue weighted by Gasteiger charge is 2.15. The molecular weight excluding hydrogens is 274 g/mol. The minimum atomic E-state index is -0.774. The molecule has 0 bridgehead atoms. The Morgan fingerprint density at radius 1 is 1.62 bits per heavy atom. The molecule has 16 heavy (non-hydrogen) atoms. The molecule has 0 aromatic carbocycles. The van der Waals surface area contributed by atoms with Gasteiger partial charge in [0.25, 0.3) is 0 Å². The number of carboxylic acid groups (broad SMARTS) is 1. The van der Waals surface area contributed by atoms with Gasteiger partial charge in [-0.15, -0.1) is 0 Å². The fourth-order valence-corrected chi connectivity index (χ4v) is 1.71. The van der Waals surface area contributed by atoms with Crippen molar-refractivity contribution in [2.24, 2.45) is 0 Å². The molecule has 0 radical (unpaired) electrons. The van der Waals surface area contributed by atoms with E-state index in [1.807, 2.05) is 19.9 Å². The Morgan fingerprint density at radius 3 is 2.75 bits per heavy atom. The molecule has 0 aliphatic rings. The van der Waals surface area contributed by atoms with Crippen LogP contribution in [-0.2, 0) is 11.3 Å². The van der Waals surface area contributed by atoms with Crippen LogP contribution in [0.2, 0.25) is 0 Å². The van der Waals surface area contributed by atoms with Crippen molar-refractivity contribution in [1.82, 2.24) is 4.90 Å². The van der Waals surface area contributed by atoms with Crippen LogP contribution in [-0.4, -0.2) is 28.6 Å². The van der Waals surface area contributed by atoms with Gasteiger partial charge >= 0.3 is 5.97 Å². The third kappa shape index (κ3) is 3.98. The van der Waals surface area contributed by atoms with Crippen LogP contribution in [0.1, 0.15) is 26.0 Å². The van der Waals surface area contributed by atoms with Crippen LogP contribution in [0.3, 0.4) is 0 Å². The van der Waals surface area contributed by atoms with Gasteiger partial charge < -0.3 is 9.52 Å². The second-order valence-corrected chi connectivity index (χ2v) is 4.75. The van der Waals surface area contributed by atoms with Crippen LogP contribution in [0, 0.1) is 0 Å². The molecule has 1 heterocycles. The molecule has 5 heteroatoms. The van der Waals surface area contributed by atoms with E-state index in [0.717, 1.165) is 10.2 Å². The molecule has 0 saturated heterocycles. The Morgan fingerprint density at radius 2 is 2.31 bits per heavy atom. The summed E-state index contributed by atoms with van der Waals surface area (Å²) in [6, 6.07) is 2.13. The maximum absolute atomic E-state index is 10.5. The first-order valence-electron chi connectivity index (χ1n) is 5.18. The Bertz CT molecular complexity index is 349. The van der Waals surface area contributed by atoms with Crippen molar-refractivity contribution >= 4 is 21.9 Å². The first-order chi connectivity index (χ1) is 7.50. The number of carboxylic acids is 1. The monoisotopic (exact) mass is 289 g/mol. The van der Waals surface area contributed by atoms with Crippen LogP contribution in [0.25, 0.3) is 0 Å². The third-order valence-corrected chi connectivity index (χ3v) is 3.09. The molecule has 0 aliphatic carbocycles. The maximum atomic E-state index is 10.5. The highest BCUT2D eigenvalue weighted by molar-refractivity contribution is 9.10. The van der Waals surface area contributed by atoms with E-state index in [4.69, 9.17) is 9.52 Å². The van der Waals surface area contributed by atoms with Gasteiger partial charge in [-0.05, 0) is 35.8 Å². The Hall–Kier alpha value is -0.810. The lowest BCUT2D eigenvalue weighted by molar-refractivity contribution is -0.137. The van der Waals surface area contributed by atoms with Gasteiger partial charge in [0, 0.05) is 12.6 Å². The number of nitrogens with zero attached hydrogens (tertiary/aromatic N) is 1. The molecule has 1 aromatic heterocycles. The summed E-state index contributed by atoms with van der Waals surface area (Å²) in [4.78, 5) is 12.6. The lowest BCUT2D eigenvalue weighted by Crippen LogP contribution is -2.32. The predicted molar refractivity (Wildman–Crippen MR) is 64.2 cm³/mol. The molecule has 0 saturated carbocycles. The summed E-state index contributed by atoms with van der Waals surface area (Å²) in [5.74, 6) is 0.0586. The van der Waals surface area contributed by atoms with Crippen LogP contribution in [0.15, 0.2) is 21.2 Å². The molecule has 0 atom stereocenters. The largest absolute Gasteiger partial charge is 0.481 e. The van der Waals surface area contributed by atoms with Crippen molar-refractivity contribution in [3.8, 4) is 0 Å². The van der Waals surface area contributed by atoms with Gasteiger partial charge in [0.1, 0.15) is 5.76 Å². The SMILES string of the molecule is CC(C)N(CCC(=O)O)Cc1occc1Br. The third-order valence-electron chi connectivity index (χ3n) is 2.38. The molecule has 0 fully saturated rings. The van der Waals surface area contributed by atoms with Crippen molar-refractivity contribution in [3.63, 3.8) is 0 Å². The average Bonchev–Trinajstić information content (AvgIpc) is 2.58. The van der Waals surface area contributed by atoms with E-state index in [-0.39, 0.29) is 12.5 Å². The fraction of sp³-hybridized carbons (Fsp3) is 0.545. The van der Waals surface area contributed by atoms with Crippen molar-refractivity contribution < 1.29 is 14.3 Å². The van der Waals surface area contributed by atoms with Gasteiger partial charge in [-0.25, -0.2) is 0 Å². The van der Waals surface area contributed by atoms with Crippen LogP contribution in [0.5, 0.6) is 0 Å². The number of aliphatic carboxylic acids is 1. The highest BCUT2D eigenvalue weighted by Crippen LogP contribution is 2.20. The molecule has 0 spiro atoms. The van der Waals surface area contributed by atoms with E-state index in [1.165, 1.54) is 0 Å². The predicted octanol–water partition coefficient (Wildman–Crippen LogP) is 2.73. The van der Waals surface area contributed by atoms with Crippen molar-refractivity contribution in [2.45, 2.75) is 32.9 Å². The van der Waals surface area contributed by atoms with Crippen LogP contribution >= 0.6 is 15.9 Å². The minimum absolute atomic E-state index is 0.149. The number of furan rings is 1. The quantitative estimate of drug-likeness (QED) is 0.875. The van der Waals surface area contributed by atoms with Crippen LogP contribution < -0.4 is 0 Å². The number of hydrogen-bond acceptors (Lipinski definition) is 3. The van der Waals surface area contributed by atoms with Crippen molar-refractivity contribution in [3.05, 3.63) is 22.6 Å². The molecular formula is C11H16BrNO3. The lowest BCUT2D eigenvalue weighted by Gasteiger charge is -2.24. The smallest absolute Gasteiger partial charge is 0.304 e. The molecule has 1 rings (SSSR count). The lowest BCUT2D eigenvalue weighted by atomic mass is 10.2. The first kappa shape index (κ1) is 13.3. The number of halogens is 1. The second-order valence-electron chi connectivity index (χ2n) is 3.90. The van der Waals surface area contributed by atoms with E-state index in [9.17, 15) is 4.79 Å². The first-order valence-corrected chi connectivity index (χ1v) is 5.97. The number of carbonyl (C=O) groups is 1. The Balaban J connectivity index is 2.58. The second kappa shape index (κ2) is 6.06. The summed E-state index contributed by atoms with van der Waals surface area (Å²) in [5, 5.41) is 8.67. The van der Waals surface area contributed by atoms with Gasteiger partial charge in [0.15, 0.2) is 0 Å². The van der Waals surface area contributed by atoms with Gasteiger partial charge in [-0.1, -0.05) is 0 Å². The van der Waals surface area contributed by atoms with E-state index in [2.05, 4.69) is 20.8 Å². The van der Waals surface area contributed by atoms with E-state index in [0.29, 0.717) is 13.1 Å². The minimum Gasteiger partial charge on any atom is -0.481 e. The Labute approximate surface area is 103 Å². The van der Waals surface area contributed by atoms with Crippen LogP contribution in [0.4, 0.5) is 0 Å². The summed E-state index contributed by atoms with van der Waals surface area (Å²) >= 11 is 3.39. The maximum Gasteiger partial charge on any atom is 0.304 e. The zero-order chi connectivity index (χ0) is 12.1. The topological polar surface area (TPSA) is 53.7 Å². The molecule has 4 nitrogen and oxygen atoms in total.